The van der Waals surface area contributed by atoms with E-state index in [1.54, 1.807) is 0 Å². The van der Waals surface area contributed by atoms with Gasteiger partial charge in [0, 0.05) is 52.0 Å². The van der Waals surface area contributed by atoms with Crippen LogP contribution < -0.4 is 0 Å². The maximum Gasteiger partial charge on any atom is 0.331 e. The summed E-state index contributed by atoms with van der Waals surface area (Å²) in [5, 5.41) is 6.41. The van der Waals surface area contributed by atoms with E-state index in [1.165, 1.54) is 39.0 Å². The van der Waals surface area contributed by atoms with Gasteiger partial charge in [0.15, 0.2) is 5.78 Å². The van der Waals surface area contributed by atoms with Crippen LogP contribution in [-0.2, 0) is 16.2 Å². The molecule has 1 aromatic heterocycles. The summed E-state index contributed by atoms with van der Waals surface area (Å²) in [5.74, 6) is 0.318. The molecule has 0 bridgehead atoms. The van der Waals surface area contributed by atoms with Crippen LogP contribution in [0, 0.1) is 12.8 Å². The molecule has 1 fully saturated rings. The number of aryl methyl sites for hydroxylation is 2. The van der Waals surface area contributed by atoms with Gasteiger partial charge in [0.25, 0.3) is 0 Å². The van der Waals surface area contributed by atoms with E-state index in [1.807, 2.05) is 43.3 Å². The van der Waals surface area contributed by atoms with Gasteiger partial charge in [-0.05, 0) is 68.5 Å². The van der Waals surface area contributed by atoms with Gasteiger partial charge in [-0.25, -0.2) is 4.79 Å². The highest BCUT2D eigenvalue weighted by Gasteiger charge is 2.19. The van der Waals surface area contributed by atoms with Gasteiger partial charge in [0.1, 0.15) is 0 Å². The summed E-state index contributed by atoms with van der Waals surface area (Å²) in [4.78, 5) is 30.1. The molecule has 0 atom stereocenters. The van der Waals surface area contributed by atoms with Crippen molar-refractivity contribution in [2.75, 3.05) is 0 Å². The molecule has 5 nitrogen and oxygen atoms in total. The van der Waals surface area contributed by atoms with Crippen LogP contribution in [0.25, 0.3) is 21.8 Å². The van der Waals surface area contributed by atoms with Gasteiger partial charge in [-0.1, -0.05) is 67.6 Å². The SMILES string of the molecule is CCn1c2ccc(C(=O)c3ccccc3C)cc2c2cc(/C(CCC3CCCCC3)=N/OC(C)=O)ccc21. The summed E-state index contributed by atoms with van der Waals surface area (Å²) in [5.41, 5.74) is 6.36. The molecule has 0 aliphatic heterocycles. The number of oxime groups is 1. The number of benzene rings is 3. The van der Waals surface area contributed by atoms with Crippen molar-refractivity contribution in [3.63, 3.8) is 0 Å². The minimum Gasteiger partial charge on any atom is -0.341 e. The molecule has 4 aromatic rings. The zero-order chi connectivity index (χ0) is 26.6. The van der Waals surface area contributed by atoms with E-state index in [2.05, 4.69) is 40.9 Å². The third kappa shape index (κ3) is 5.28. The van der Waals surface area contributed by atoms with Gasteiger partial charge < -0.3 is 9.40 Å². The number of nitrogens with zero attached hydrogens (tertiary/aromatic N) is 2. The molecule has 5 rings (SSSR count). The Morgan fingerprint density at radius 3 is 2.24 bits per heavy atom. The zero-order valence-corrected chi connectivity index (χ0v) is 22.6. The van der Waals surface area contributed by atoms with Crippen LogP contribution in [0.1, 0.15) is 85.8 Å². The number of fused-ring (bicyclic) bond motifs is 3. The Morgan fingerprint density at radius 2 is 1.58 bits per heavy atom. The van der Waals surface area contributed by atoms with Crippen molar-refractivity contribution in [2.45, 2.75) is 72.3 Å². The lowest BCUT2D eigenvalue weighted by Crippen LogP contribution is -2.11. The lowest BCUT2D eigenvalue weighted by Gasteiger charge is -2.21. The van der Waals surface area contributed by atoms with Crippen LogP contribution in [0.3, 0.4) is 0 Å². The second-order valence-corrected chi connectivity index (χ2v) is 10.5. The van der Waals surface area contributed by atoms with E-state index >= 15 is 0 Å². The fraction of sp³-hybridized carbons (Fsp3) is 0.364. The molecule has 0 saturated heterocycles. The van der Waals surface area contributed by atoms with Gasteiger partial charge in [-0.15, -0.1) is 0 Å². The van der Waals surface area contributed by atoms with E-state index in [0.717, 1.165) is 63.6 Å². The Hall–Kier alpha value is -3.73. The second-order valence-electron chi connectivity index (χ2n) is 10.5. The quantitative estimate of drug-likeness (QED) is 0.105. The van der Waals surface area contributed by atoms with Gasteiger partial charge in [0.2, 0.25) is 0 Å². The molecular formula is C33H36N2O3. The van der Waals surface area contributed by atoms with Gasteiger partial charge in [-0.2, -0.15) is 0 Å². The van der Waals surface area contributed by atoms with Crippen molar-refractivity contribution in [3.05, 3.63) is 82.9 Å². The lowest BCUT2D eigenvalue weighted by atomic mass is 9.85. The maximum atomic E-state index is 13.4. The van der Waals surface area contributed by atoms with E-state index in [0.29, 0.717) is 11.5 Å². The molecule has 0 unspecified atom stereocenters. The number of aromatic nitrogens is 1. The summed E-state index contributed by atoms with van der Waals surface area (Å²) < 4.78 is 2.28. The lowest BCUT2D eigenvalue weighted by molar-refractivity contribution is -0.140. The van der Waals surface area contributed by atoms with E-state index in [4.69, 9.17) is 4.84 Å². The van der Waals surface area contributed by atoms with Crippen LogP contribution in [0.2, 0.25) is 0 Å². The number of hydrogen-bond acceptors (Lipinski definition) is 4. The second kappa shape index (κ2) is 11.3. The zero-order valence-electron chi connectivity index (χ0n) is 22.6. The first-order valence-corrected chi connectivity index (χ1v) is 13.9. The largest absolute Gasteiger partial charge is 0.341 e. The minimum absolute atomic E-state index is 0.0307. The van der Waals surface area contributed by atoms with Crippen molar-refractivity contribution < 1.29 is 14.4 Å². The Labute approximate surface area is 224 Å². The monoisotopic (exact) mass is 508 g/mol. The van der Waals surface area contributed by atoms with Crippen molar-refractivity contribution in [1.82, 2.24) is 4.57 Å². The first-order valence-electron chi connectivity index (χ1n) is 13.9. The Bertz CT molecular complexity index is 1520. The molecule has 0 N–H and O–H groups in total. The molecule has 38 heavy (non-hydrogen) atoms. The smallest absolute Gasteiger partial charge is 0.331 e. The third-order valence-electron chi connectivity index (χ3n) is 7.96. The molecule has 0 spiro atoms. The number of carbonyl (C=O) groups excluding carboxylic acids is 2. The molecule has 0 radical (unpaired) electrons. The first-order chi connectivity index (χ1) is 18.5. The van der Waals surface area contributed by atoms with Gasteiger partial charge in [-0.3, -0.25) is 4.79 Å². The molecule has 0 amide bonds. The molecule has 1 aliphatic carbocycles. The van der Waals surface area contributed by atoms with Crippen molar-refractivity contribution >= 4 is 39.3 Å². The Kier molecular flexibility index (Phi) is 7.73. The van der Waals surface area contributed by atoms with Crippen molar-refractivity contribution in [2.24, 2.45) is 11.1 Å². The Balaban J connectivity index is 1.57. The average Bonchev–Trinajstić information content (AvgIpc) is 3.25. The first kappa shape index (κ1) is 25.9. The summed E-state index contributed by atoms with van der Waals surface area (Å²) >= 11 is 0. The summed E-state index contributed by atoms with van der Waals surface area (Å²) in [7, 11) is 0. The predicted molar refractivity (Wildman–Crippen MR) is 154 cm³/mol. The fourth-order valence-corrected chi connectivity index (χ4v) is 5.93. The normalized spacial score (nSPS) is 14.8. The van der Waals surface area contributed by atoms with E-state index in [-0.39, 0.29) is 5.78 Å². The average molecular weight is 509 g/mol. The highest BCUT2D eigenvalue weighted by Crippen LogP contribution is 2.33. The van der Waals surface area contributed by atoms with E-state index < -0.39 is 5.97 Å². The van der Waals surface area contributed by atoms with Crippen LogP contribution in [0.5, 0.6) is 0 Å². The molecule has 1 aliphatic rings. The number of rotatable bonds is 8. The fourth-order valence-electron chi connectivity index (χ4n) is 5.93. The third-order valence-corrected chi connectivity index (χ3v) is 7.96. The predicted octanol–water partition coefficient (Wildman–Crippen LogP) is 7.98. The molecule has 196 valence electrons. The number of carbonyl (C=O) groups is 2. The van der Waals surface area contributed by atoms with Crippen molar-refractivity contribution in [3.8, 4) is 0 Å². The summed E-state index contributed by atoms with van der Waals surface area (Å²) in [6.45, 7) is 6.31. The molecular weight excluding hydrogens is 472 g/mol. The molecule has 3 aromatic carbocycles. The molecule has 1 saturated carbocycles. The van der Waals surface area contributed by atoms with Gasteiger partial charge >= 0.3 is 5.97 Å². The topological polar surface area (TPSA) is 60.7 Å². The highest BCUT2D eigenvalue weighted by molar-refractivity contribution is 6.16. The standard InChI is InChI=1S/C33H36N2O3/c1-4-35-31-18-15-25(30(34-38-23(3)36)17-14-24-11-6-5-7-12-24)20-28(31)29-21-26(16-19-32(29)35)33(37)27-13-9-8-10-22(27)2/h8-10,13,15-16,18-21,24H,4-7,11-12,14,17H2,1-3H3/b34-30+. The summed E-state index contributed by atoms with van der Waals surface area (Å²) in [6.07, 6.45) is 8.28. The maximum absolute atomic E-state index is 13.4. The van der Waals surface area contributed by atoms with E-state index in [9.17, 15) is 9.59 Å². The molecule has 5 heteroatoms. The van der Waals surface area contributed by atoms with Crippen LogP contribution >= 0.6 is 0 Å². The number of ketones is 1. The highest BCUT2D eigenvalue weighted by atomic mass is 16.7. The van der Waals surface area contributed by atoms with Crippen LogP contribution in [-0.4, -0.2) is 22.0 Å². The van der Waals surface area contributed by atoms with Crippen LogP contribution in [0.15, 0.2) is 65.8 Å². The Morgan fingerprint density at radius 1 is 0.921 bits per heavy atom. The summed E-state index contributed by atoms with van der Waals surface area (Å²) in [6, 6.07) is 20.1. The number of hydrogen-bond donors (Lipinski definition) is 0. The van der Waals surface area contributed by atoms with Crippen molar-refractivity contribution in [1.29, 1.82) is 0 Å². The molecule has 1 heterocycles. The van der Waals surface area contributed by atoms with Crippen LogP contribution in [0.4, 0.5) is 0 Å². The van der Waals surface area contributed by atoms with Gasteiger partial charge in [0.05, 0.1) is 5.71 Å². The minimum atomic E-state index is -0.414.